The number of rotatable bonds is 5. The van der Waals surface area contributed by atoms with Crippen molar-refractivity contribution in [3.05, 3.63) is 23.3 Å². The topological polar surface area (TPSA) is 48.6 Å². The van der Waals surface area contributed by atoms with Gasteiger partial charge in [-0.3, -0.25) is 0 Å². The van der Waals surface area contributed by atoms with Crippen LogP contribution in [-0.4, -0.2) is 31.4 Å². The molecule has 4 nitrogen and oxygen atoms in total. The Morgan fingerprint density at radius 3 is 2.72 bits per heavy atom. The normalized spacial score (nSPS) is 10.4. The molecule has 0 saturated heterocycles. The van der Waals surface area contributed by atoms with Crippen molar-refractivity contribution in [1.29, 1.82) is 5.26 Å². The highest BCUT2D eigenvalue weighted by Crippen LogP contribution is 2.27. The summed E-state index contributed by atoms with van der Waals surface area (Å²) in [5.74, 6) is 0.747. The third-order valence-electron chi connectivity index (χ3n) is 2.68. The van der Waals surface area contributed by atoms with Crippen LogP contribution in [0.4, 0.5) is 5.69 Å². The van der Waals surface area contributed by atoms with E-state index in [0.717, 1.165) is 29.1 Å². The lowest BCUT2D eigenvalue weighted by Gasteiger charge is -2.11. The first-order chi connectivity index (χ1) is 8.58. The zero-order valence-electron chi connectivity index (χ0n) is 11.4. The fourth-order valence-corrected chi connectivity index (χ4v) is 1.42. The summed E-state index contributed by atoms with van der Waals surface area (Å²) in [6.45, 7) is 7.00. The van der Waals surface area contributed by atoms with Crippen molar-refractivity contribution in [1.82, 2.24) is 4.90 Å². The van der Waals surface area contributed by atoms with Crippen LogP contribution in [0.5, 0.6) is 5.75 Å². The molecule has 0 N–H and O–H groups in total. The van der Waals surface area contributed by atoms with Crippen molar-refractivity contribution in [3.8, 4) is 11.8 Å². The largest absolute Gasteiger partial charge is 0.478 e. The predicted octanol–water partition coefficient (Wildman–Crippen LogP) is 2.82. The van der Waals surface area contributed by atoms with E-state index in [1.807, 2.05) is 50.3 Å². The lowest BCUT2D eigenvalue weighted by atomic mass is 10.1. The summed E-state index contributed by atoms with van der Waals surface area (Å²) in [5, 5.41) is 8.51. The van der Waals surface area contributed by atoms with Crippen LogP contribution in [0.2, 0.25) is 0 Å². The standard InChI is InChI=1S/C14H19N3O/c1-5-17(4)10-16-13-8-12(3)14(9-11(13)2)18-7-6-15/h8-10H,5,7H2,1-4H3/b16-10-. The van der Waals surface area contributed by atoms with Gasteiger partial charge in [-0.2, -0.15) is 5.26 Å². The lowest BCUT2D eigenvalue weighted by Crippen LogP contribution is -2.14. The molecular weight excluding hydrogens is 226 g/mol. The van der Waals surface area contributed by atoms with E-state index in [0.29, 0.717) is 0 Å². The van der Waals surface area contributed by atoms with Gasteiger partial charge in [-0.25, -0.2) is 4.99 Å². The summed E-state index contributed by atoms with van der Waals surface area (Å²) in [5.41, 5.74) is 2.95. The van der Waals surface area contributed by atoms with Crippen LogP contribution in [0, 0.1) is 25.2 Å². The van der Waals surface area contributed by atoms with Gasteiger partial charge in [0.05, 0.1) is 12.0 Å². The maximum absolute atomic E-state index is 8.51. The van der Waals surface area contributed by atoms with Gasteiger partial charge < -0.3 is 9.64 Å². The Kier molecular flexibility index (Phi) is 5.19. The van der Waals surface area contributed by atoms with Gasteiger partial charge in [-0.15, -0.1) is 0 Å². The Morgan fingerprint density at radius 1 is 1.39 bits per heavy atom. The zero-order chi connectivity index (χ0) is 13.5. The van der Waals surface area contributed by atoms with Crippen LogP contribution >= 0.6 is 0 Å². The van der Waals surface area contributed by atoms with Crippen LogP contribution in [-0.2, 0) is 0 Å². The summed E-state index contributed by atoms with van der Waals surface area (Å²) in [7, 11) is 1.98. The summed E-state index contributed by atoms with van der Waals surface area (Å²) in [6.07, 6.45) is 1.82. The molecule has 0 amide bonds. The molecule has 0 atom stereocenters. The number of hydrogen-bond donors (Lipinski definition) is 0. The fourth-order valence-electron chi connectivity index (χ4n) is 1.42. The molecule has 0 aliphatic heterocycles. The molecule has 1 rings (SSSR count). The second-order valence-electron chi connectivity index (χ2n) is 4.17. The second-order valence-corrected chi connectivity index (χ2v) is 4.17. The molecule has 0 aliphatic rings. The van der Waals surface area contributed by atoms with Gasteiger partial charge in [-0.1, -0.05) is 0 Å². The van der Waals surface area contributed by atoms with Crippen molar-refractivity contribution in [3.63, 3.8) is 0 Å². The minimum atomic E-state index is 0.0709. The molecule has 0 saturated carbocycles. The number of hydrogen-bond acceptors (Lipinski definition) is 3. The Hall–Kier alpha value is -2.02. The third kappa shape index (κ3) is 3.77. The first-order valence-corrected chi connectivity index (χ1v) is 5.94. The highest BCUT2D eigenvalue weighted by atomic mass is 16.5. The SMILES string of the molecule is CCN(C)/C=N\c1cc(C)c(OCC#N)cc1C. The van der Waals surface area contributed by atoms with E-state index in [1.54, 1.807) is 0 Å². The molecule has 0 unspecified atom stereocenters. The summed E-state index contributed by atoms with van der Waals surface area (Å²) in [6, 6.07) is 5.86. The van der Waals surface area contributed by atoms with Gasteiger partial charge in [0.1, 0.15) is 11.8 Å². The molecule has 0 aromatic heterocycles. The second kappa shape index (κ2) is 6.65. The Labute approximate surface area is 109 Å². The number of aryl methyl sites for hydroxylation is 2. The van der Waals surface area contributed by atoms with E-state index >= 15 is 0 Å². The van der Waals surface area contributed by atoms with E-state index in [2.05, 4.69) is 11.9 Å². The molecular formula is C14H19N3O. The Balaban J connectivity index is 2.93. The van der Waals surface area contributed by atoms with Crippen molar-refractivity contribution >= 4 is 12.0 Å². The molecule has 96 valence electrons. The molecule has 1 aromatic rings. The minimum absolute atomic E-state index is 0.0709. The van der Waals surface area contributed by atoms with E-state index in [9.17, 15) is 0 Å². The average molecular weight is 245 g/mol. The number of benzene rings is 1. The molecule has 18 heavy (non-hydrogen) atoms. The summed E-state index contributed by atoms with van der Waals surface area (Å²) >= 11 is 0. The van der Waals surface area contributed by atoms with E-state index in [4.69, 9.17) is 10.00 Å². The average Bonchev–Trinajstić information content (AvgIpc) is 2.37. The van der Waals surface area contributed by atoms with E-state index in [-0.39, 0.29) is 6.61 Å². The molecule has 0 spiro atoms. The summed E-state index contributed by atoms with van der Waals surface area (Å²) in [4.78, 5) is 6.45. The smallest absolute Gasteiger partial charge is 0.174 e. The number of ether oxygens (including phenoxy) is 1. The molecule has 0 bridgehead atoms. The number of nitriles is 1. The molecule has 0 heterocycles. The van der Waals surface area contributed by atoms with Gasteiger partial charge in [0.25, 0.3) is 0 Å². The van der Waals surface area contributed by atoms with Crippen LogP contribution in [0.15, 0.2) is 17.1 Å². The third-order valence-corrected chi connectivity index (χ3v) is 2.68. The molecule has 4 heteroatoms. The zero-order valence-corrected chi connectivity index (χ0v) is 11.4. The monoisotopic (exact) mass is 245 g/mol. The van der Waals surface area contributed by atoms with Gasteiger partial charge in [0.2, 0.25) is 0 Å². The molecule has 1 aromatic carbocycles. The minimum Gasteiger partial charge on any atom is -0.478 e. The van der Waals surface area contributed by atoms with Crippen LogP contribution in [0.25, 0.3) is 0 Å². The highest BCUT2D eigenvalue weighted by molar-refractivity contribution is 5.64. The van der Waals surface area contributed by atoms with Crippen LogP contribution < -0.4 is 4.74 Å². The first-order valence-electron chi connectivity index (χ1n) is 5.94. The van der Waals surface area contributed by atoms with Crippen molar-refractivity contribution in [2.75, 3.05) is 20.2 Å². The lowest BCUT2D eigenvalue weighted by molar-refractivity contribution is 0.365. The maximum atomic E-state index is 8.51. The molecule has 0 aliphatic carbocycles. The first kappa shape index (κ1) is 14.0. The quantitative estimate of drug-likeness (QED) is 0.592. The fraction of sp³-hybridized carbons (Fsp3) is 0.429. The Bertz CT molecular complexity index is 475. The van der Waals surface area contributed by atoms with Gasteiger partial charge >= 0.3 is 0 Å². The van der Waals surface area contributed by atoms with Gasteiger partial charge in [-0.05, 0) is 44.0 Å². The van der Waals surface area contributed by atoms with Gasteiger partial charge in [0.15, 0.2) is 6.61 Å². The van der Waals surface area contributed by atoms with Crippen LogP contribution in [0.1, 0.15) is 18.1 Å². The van der Waals surface area contributed by atoms with Crippen molar-refractivity contribution in [2.24, 2.45) is 4.99 Å². The van der Waals surface area contributed by atoms with E-state index in [1.165, 1.54) is 0 Å². The van der Waals surface area contributed by atoms with Crippen molar-refractivity contribution < 1.29 is 4.74 Å². The van der Waals surface area contributed by atoms with Gasteiger partial charge in [0, 0.05) is 13.6 Å². The Morgan fingerprint density at radius 2 is 2.11 bits per heavy atom. The van der Waals surface area contributed by atoms with E-state index < -0.39 is 0 Å². The number of aliphatic imine (C=N–C) groups is 1. The number of nitrogens with zero attached hydrogens (tertiary/aromatic N) is 3. The van der Waals surface area contributed by atoms with Crippen molar-refractivity contribution in [2.45, 2.75) is 20.8 Å². The maximum Gasteiger partial charge on any atom is 0.174 e. The molecule has 0 fully saturated rings. The predicted molar refractivity (Wildman–Crippen MR) is 73.5 cm³/mol. The highest BCUT2D eigenvalue weighted by Gasteiger charge is 2.04. The van der Waals surface area contributed by atoms with Crippen LogP contribution in [0.3, 0.4) is 0 Å². The molecule has 0 radical (unpaired) electrons. The summed E-state index contributed by atoms with van der Waals surface area (Å²) < 4.78 is 5.35.